The Labute approximate surface area is 226 Å². The Morgan fingerprint density at radius 3 is 2.67 bits per heavy atom. The number of aryl methyl sites for hydroxylation is 3. The second kappa shape index (κ2) is 12.4. The maximum atomic E-state index is 12.9. The highest BCUT2D eigenvalue weighted by Gasteiger charge is 2.28. The first-order valence-electron chi connectivity index (χ1n) is 12.6. The number of benzene rings is 2. The van der Waals surface area contributed by atoms with Gasteiger partial charge in [-0.25, -0.2) is 8.42 Å². The zero-order valence-corrected chi connectivity index (χ0v) is 22.6. The summed E-state index contributed by atoms with van der Waals surface area (Å²) < 4.78 is 29.9. The fraction of sp³-hybridized carbons (Fsp3) is 0.346. The summed E-state index contributed by atoms with van der Waals surface area (Å²) in [6.07, 6.45) is 6.47. The van der Waals surface area contributed by atoms with Crippen molar-refractivity contribution in [3.05, 3.63) is 71.6 Å². The molecule has 4 rings (SSSR count). The van der Waals surface area contributed by atoms with Crippen LogP contribution in [-0.2, 0) is 21.4 Å². The molecule has 2 heterocycles. The number of amides is 1. The van der Waals surface area contributed by atoms with Gasteiger partial charge >= 0.3 is 5.97 Å². The Morgan fingerprint density at radius 2 is 1.97 bits per heavy atom. The van der Waals surface area contributed by atoms with Gasteiger partial charge in [0, 0.05) is 37.1 Å². The number of nitrogens with one attached hydrogen (secondary N) is 5. The number of carboxylic acid groups (broad SMARTS) is 1. The van der Waals surface area contributed by atoms with Crippen molar-refractivity contribution in [2.45, 2.75) is 44.0 Å². The average molecular weight is 556 g/mol. The van der Waals surface area contributed by atoms with Crippen LogP contribution < -0.4 is 26.0 Å². The lowest BCUT2D eigenvalue weighted by Crippen LogP contribution is -2.53. The van der Waals surface area contributed by atoms with Crippen molar-refractivity contribution in [1.29, 1.82) is 0 Å². The van der Waals surface area contributed by atoms with Crippen LogP contribution in [0.3, 0.4) is 0 Å². The first-order chi connectivity index (χ1) is 18.7. The Morgan fingerprint density at radius 1 is 1.21 bits per heavy atom. The number of carbonyl (C=O) groups excluding carboxylic acids is 1. The molecule has 0 fully saturated rings. The van der Waals surface area contributed by atoms with Crippen LogP contribution in [0.4, 0.5) is 0 Å². The van der Waals surface area contributed by atoms with E-state index in [9.17, 15) is 23.1 Å². The van der Waals surface area contributed by atoms with Gasteiger partial charge in [-0.05, 0) is 55.8 Å². The first kappa shape index (κ1) is 28.2. The molecule has 0 radical (unpaired) electrons. The molecule has 0 bridgehead atoms. The minimum atomic E-state index is -4.13. The standard InChI is InChI=1S/C26H33N7O5S/c1-17-6-3-7-18(2)23(17)39(37,38)32-21(25(35)36)16-30-24(34)19-8-9-22-20(14-19)15-31-33(22)13-5-12-29-26-27-10-4-11-28-26/h3-4,6-10,14-15,21,26-29,32H,5,11-13,16H2,1-2H3,(H,30,34)(H,35,36). The second-order valence-corrected chi connectivity index (χ2v) is 11.0. The molecule has 1 aliphatic heterocycles. The van der Waals surface area contributed by atoms with Crippen LogP contribution in [0.1, 0.15) is 27.9 Å². The van der Waals surface area contributed by atoms with E-state index in [0.29, 0.717) is 23.2 Å². The third-order valence-corrected chi connectivity index (χ3v) is 8.14. The zero-order valence-electron chi connectivity index (χ0n) is 21.8. The summed E-state index contributed by atoms with van der Waals surface area (Å²) in [4.78, 5) is 24.6. The monoisotopic (exact) mass is 555 g/mol. The van der Waals surface area contributed by atoms with Crippen molar-refractivity contribution in [2.75, 3.05) is 19.6 Å². The van der Waals surface area contributed by atoms with Gasteiger partial charge in [0.2, 0.25) is 10.0 Å². The van der Waals surface area contributed by atoms with Crippen LogP contribution in [0.5, 0.6) is 0 Å². The summed E-state index contributed by atoms with van der Waals surface area (Å²) in [5.74, 6) is -1.92. The Kier molecular flexibility index (Phi) is 8.97. The van der Waals surface area contributed by atoms with Gasteiger partial charge in [0.05, 0.1) is 16.6 Å². The molecule has 3 aromatic rings. The summed E-state index contributed by atoms with van der Waals surface area (Å²) in [6.45, 7) is 5.12. The van der Waals surface area contributed by atoms with E-state index < -0.39 is 34.5 Å². The maximum absolute atomic E-state index is 12.9. The van der Waals surface area contributed by atoms with Crippen LogP contribution >= 0.6 is 0 Å². The Hall–Kier alpha value is -3.78. The highest BCUT2D eigenvalue weighted by Crippen LogP contribution is 2.20. The number of sulfonamides is 1. The fourth-order valence-corrected chi connectivity index (χ4v) is 6.09. The van der Waals surface area contributed by atoms with Crippen molar-refractivity contribution in [3.8, 4) is 0 Å². The van der Waals surface area contributed by atoms with Gasteiger partial charge in [0.1, 0.15) is 12.3 Å². The quantitative estimate of drug-likeness (QED) is 0.177. The molecule has 39 heavy (non-hydrogen) atoms. The van der Waals surface area contributed by atoms with Crippen LogP contribution in [0.2, 0.25) is 0 Å². The smallest absolute Gasteiger partial charge is 0.323 e. The lowest BCUT2D eigenvalue weighted by atomic mass is 10.1. The van der Waals surface area contributed by atoms with E-state index in [1.54, 1.807) is 56.4 Å². The number of carbonyl (C=O) groups is 2. The molecule has 12 nitrogen and oxygen atoms in total. The van der Waals surface area contributed by atoms with E-state index >= 15 is 0 Å². The van der Waals surface area contributed by atoms with Gasteiger partial charge in [0.25, 0.3) is 5.91 Å². The van der Waals surface area contributed by atoms with E-state index in [0.717, 1.165) is 30.4 Å². The summed E-state index contributed by atoms with van der Waals surface area (Å²) in [7, 11) is -4.13. The molecule has 13 heteroatoms. The van der Waals surface area contributed by atoms with E-state index in [1.165, 1.54) is 0 Å². The van der Waals surface area contributed by atoms with Gasteiger partial charge in [-0.3, -0.25) is 24.9 Å². The number of hydrogen-bond acceptors (Lipinski definition) is 8. The highest BCUT2D eigenvalue weighted by molar-refractivity contribution is 7.89. The molecule has 6 N–H and O–H groups in total. The number of hydrogen-bond donors (Lipinski definition) is 6. The molecule has 0 saturated heterocycles. The number of aliphatic carboxylic acids is 1. The molecule has 0 saturated carbocycles. The highest BCUT2D eigenvalue weighted by atomic mass is 32.2. The van der Waals surface area contributed by atoms with Crippen molar-refractivity contribution >= 4 is 32.8 Å². The predicted molar refractivity (Wildman–Crippen MR) is 146 cm³/mol. The first-order valence-corrected chi connectivity index (χ1v) is 14.1. The predicted octanol–water partition coefficient (Wildman–Crippen LogP) is 0.784. The van der Waals surface area contributed by atoms with Crippen LogP contribution in [0.25, 0.3) is 10.9 Å². The molecule has 2 atom stereocenters. The van der Waals surface area contributed by atoms with E-state index in [4.69, 9.17) is 0 Å². The molecule has 0 spiro atoms. The van der Waals surface area contributed by atoms with Gasteiger partial charge < -0.3 is 15.7 Å². The molecule has 2 unspecified atom stereocenters. The van der Waals surface area contributed by atoms with Crippen molar-refractivity contribution in [2.24, 2.45) is 0 Å². The van der Waals surface area contributed by atoms with E-state index in [2.05, 4.69) is 31.1 Å². The molecule has 2 aromatic carbocycles. The van der Waals surface area contributed by atoms with Gasteiger partial charge in [-0.1, -0.05) is 24.3 Å². The summed E-state index contributed by atoms with van der Waals surface area (Å²) in [6, 6.07) is 8.54. The van der Waals surface area contributed by atoms with E-state index in [1.807, 2.05) is 17.0 Å². The fourth-order valence-electron chi connectivity index (χ4n) is 4.43. The molecule has 1 amide bonds. The largest absolute Gasteiger partial charge is 0.480 e. The lowest BCUT2D eigenvalue weighted by molar-refractivity contribution is -0.138. The molecule has 208 valence electrons. The third kappa shape index (κ3) is 7.00. The molecule has 1 aliphatic rings. The van der Waals surface area contributed by atoms with Gasteiger partial charge in [0.15, 0.2) is 0 Å². The number of fused-ring (bicyclic) bond motifs is 1. The molecular formula is C26H33N7O5S. The van der Waals surface area contributed by atoms with Crippen molar-refractivity contribution in [3.63, 3.8) is 0 Å². The molecular weight excluding hydrogens is 522 g/mol. The number of carboxylic acids is 1. The van der Waals surface area contributed by atoms with E-state index in [-0.39, 0.29) is 11.2 Å². The summed E-state index contributed by atoms with van der Waals surface area (Å²) >= 11 is 0. The van der Waals surface area contributed by atoms with Crippen LogP contribution in [0, 0.1) is 13.8 Å². The minimum Gasteiger partial charge on any atom is -0.480 e. The number of rotatable bonds is 12. The van der Waals surface area contributed by atoms with Crippen LogP contribution in [-0.4, -0.2) is 67.1 Å². The SMILES string of the molecule is Cc1cccc(C)c1S(=O)(=O)NC(CNC(=O)c1ccc2c(cnn2CCCNC2NC=CCN2)c1)C(=O)O. The normalized spacial score (nSPS) is 16.1. The minimum absolute atomic E-state index is 0.0281. The number of nitrogens with zero attached hydrogens (tertiary/aromatic N) is 2. The Bertz CT molecular complexity index is 1460. The number of aromatic nitrogens is 2. The third-order valence-electron chi connectivity index (χ3n) is 6.36. The maximum Gasteiger partial charge on any atom is 0.323 e. The van der Waals surface area contributed by atoms with Gasteiger partial charge in [-0.2, -0.15) is 9.82 Å². The van der Waals surface area contributed by atoms with Crippen molar-refractivity contribution < 1.29 is 23.1 Å². The van der Waals surface area contributed by atoms with Crippen LogP contribution in [0.15, 0.2) is 59.8 Å². The van der Waals surface area contributed by atoms with Crippen molar-refractivity contribution in [1.82, 2.24) is 35.8 Å². The summed E-state index contributed by atoms with van der Waals surface area (Å²) in [5, 5.41) is 27.1. The summed E-state index contributed by atoms with van der Waals surface area (Å²) in [5.41, 5.74) is 2.18. The average Bonchev–Trinajstić information content (AvgIpc) is 3.31. The molecule has 1 aromatic heterocycles. The Balaban J connectivity index is 1.35. The topological polar surface area (TPSA) is 166 Å². The molecule has 0 aliphatic carbocycles. The second-order valence-electron chi connectivity index (χ2n) is 9.30. The van der Waals surface area contributed by atoms with Gasteiger partial charge in [-0.15, -0.1) is 0 Å². The zero-order chi connectivity index (χ0) is 28.0. The lowest BCUT2D eigenvalue weighted by Gasteiger charge is -2.22.